The van der Waals surface area contributed by atoms with Crippen molar-refractivity contribution in [1.29, 1.82) is 0 Å². The van der Waals surface area contributed by atoms with Crippen LogP contribution in [-0.2, 0) is 0 Å². The van der Waals surface area contributed by atoms with Crippen LogP contribution in [-0.4, -0.2) is 10.8 Å². The molecule has 2 aromatic rings. The van der Waals surface area contributed by atoms with Gasteiger partial charge in [-0.1, -0.05) is 11.3 Å². The number of anilines is 1. The van der Waals surface area contributed by atoms with Crippen molar-refractivity contribution in [3.63, 3.8) is 0 Å². The van der Waals surface area contributed by atoms with E-state index in [9.17, 15) is 18.0 Å². The Balaban J connectivity index is 2.42. The number of nitrogens with two attached hydrogens (primary N) is 1. The number of thiazole rings is 1. The second-order valence-corrected chi connectivity index (χ2v) is 4.43. The van der Waals surface area contributed by atoms with Crippen LogP contribution < -0.4 is 5.73 Å². The van der Waals surface area contributed by atoms with Crippen molar-refractivity contribution in [3.05, 3.63) is 46.2 Å². The van der Waals surface area contributed by atoms with Crippen molar-refractivity contribution in [2.75, 3.05) is 5.73 Å². The van der Waals surface area contributed by atoms with E-state index in [2.05, 4.69) is 4.98 Å². The van der Waals surface area contributed by atoms with Gasteiger partial charge in [-0.05, 0) is 24.3 Å². The summed E-state index contributed by atoms with van der Waals surface area (Å²) in [5, 5.41) is -0.101. The van der Waals surface area contributed by atoms with Gasteiger partial charge in [0.25, 0.3) is 6.43 Å². The zero-order chi connectivity index (χ0) is 13.3. The second kappa shape index (κ2) is 4.77. The molecule has 94 valence electrons. The second-order valence-electron chi connectivity index (χ2n) is 3.40. The summed E-state index contributed by atoms with van der Waals surface area (Å²) in [6.07, 6.45) is -2.88. The maximum Gasteiger partial charge on any atom is 0.282 e. The number of rotatable bonds is 3. The quantitative estimate of drug-likeness (QED) is 0.874. The Kier molecular flexibility index (Phi) is 3.33. The molecule has 1 heterocycles. The lowest BCUT2D eigenvalue weighted by Crippen LogP contribution is -2.03. The van der Waals surface area contributed by atoms with Crippen molar-refractivity contribution < 1.29 is 18.0 Å². The van der Waals surface area contributed by atoms with Crippen LogP contribution in [0.15, 0.2) is 24.3 Å². The third-order valence-electron chi connectivity index (χ3n) is 2.19. The minimum Gasteiger partial charge on any atom is -0.375 e. The Labute approximate surface area is 104 Å². The Morgan fingerprint density at radius 1 is 1.28 bits per heavy atom. The molecule has 0 aliphatic heterocycles. The molecule has 2 rings (SSSR count). The Morgan fingerprint density at radius 2 is 1.89 bits per heavy atom. The molecule has 2 N–H and O–H groups in total. The Bertz CT molecular complexity index is 580. The highest BCUT2D eigenvalue weighted by atomic mass is 32.1. The van der Waals surface area contributed by atoms with E-state index in [0.717, 1.165) is 12.1 Å². The Morgan fingerprint density at radius 3 is 2.44 bits per heavy atom. The van der Waals surface area contributed by atoms with Crippen LogP contribution in [0.4, 0.5) is 18.3 Å². The third-order valence-corrected chi connectivity index (χ3v) is 3.09. The molecular weight excluding hydrogens is 265 g/mol. The molecule has 0 unspecified atom stereocenters. The number of benzene rings is 1. The van der Waals surface area contributed by atoms with E-state index < -0.39 is 23.7 Å². The smallest absolute Gasteiger partial charge is 0.282 e. The van der Waals surface area contributed by atoms with E-state index in [1.54, 1.807) is 0 Å². The van der Waals surface area contributed by atoms with E-state index in [4.69, 9.17) is 5.73 Å². The highest BCUT2D eigenvalue weighted by Crippen LogP contribution is 2.30. The lowest BCUT2D eigenvalue weighted by atomic mass is 10.1. The molecule has 0 aliphatic rings. The van der Waals surface area contributed by atoms with Gasteiger partial charge in [-0.3, -0.25) is 4.79 Å². The van der Waals surface area contributed by atoms with E-state index in [1.165, 1.54) is 12.1 Å². The first-order chi connectivity index (χ1) is 8.49. The molecule has 0 saturated heterocycles. The zero-order valence-corrected chi connectivity index (χ0v) is 9.68. The van der Waals surface area contributed by atoms with E-state index in [1.807, 2.05) is 0 Å². The molecule has 7 heteroatoms. The zero-order valence-electron chi connectivity index (χ0n) is 8.86. The molecule has 0 atom stereocenters. The number of alkyl halides is 2. The summed E-state index contributed by atoms with van der Waals surface area (Å²) in [6, 6.07) is 4.62. The first-order valence-corrected chi connectivity index (χ1v) is 5.65. The van der Waals surface area contributed by atoms with Crippen molar-refractivity contribution in [2.24, 2.45) is 0 Å². The number of hydrogen-bond donors (Lipinski definition) is 1. The van der Waals surface area contributed by atoms with Crippen molar-refractivity contribution in [3.8, 4) is 0 Å². The summed E-state index contributed by atoms with van der Waals surface area (Å²) in [5.41, 5.74) is 4.80. The van der Waals surface area contributed by atoms with Crippen LogP contribution >= 0.6 is 11.3 Å². The van der Waals surface area contributed by atoms with Crippen LogP contribution in [0.2, 0.25) is 0 Å². The SMILES string of the molecule is Nc1nc(C(F)F)c(C(=O)c2ccc(F)cc2)s1. The molecule has 0 saturated carbocycles. The molecule has 1 aromatic carbocycles. The topological polar surface area (TPSA) is 56.0 Å². The average molecular weight is 272 g/mol. The van der Waals surface area contributed by atoms with Gasteiger partial charge < -0.3 is 5.73 Å². The molecule has 0 fully saturated rings. The lowest BCUT2D eigenvalue weighted by molar-refractivity contribution is 0.102. The van der Waals surface area contributed by atoms with Crippen molar-refractivity contribution in [1.82, 2.24) is 4.98 Å². The largest absolute Gasteiger partial charge is 0.375 e. The maximum atomic E-state index is 12.7. The third kappa shape index (κ3) is 2.35. The van der Waals surface area contributed by atoms with Crippen LogP contribution in [0.25, 0.3) is 0 Å². The molecule has 1 aromatic heterocycles. The first kappa shape index (κ1) is 12.6. The van der Waals surface area contributed by atoms with Gasteiger partial charge in [-0.2, -0.15) is 0 Å². The monoisotopic (exact) mass is 272 g/mol. The number of halogens is 3. The summed E-state index contributed by atoms with van der Waals surface area (Å²) >= 11 is 0.693. The summed E-state index contributed by atoms with van der Waals surface area (Å²) in [6.45, 7) is 0. The minimum absolute atomic E-state index is 0.101. The summed E-state index contributed by atoms with van der Waals surface area (Å²) in [4.78, 5) is 15.2. The molecule has 0 spiro atoms. The van der Waals surface area contributed by atoms with Crippen LogP contribution in [0.1, 0.15) is 27.4 Å². The van der Waals surface area contributed by atoms with Crippen LogP contribution in [0.3, 0.4) is 0 Å². The number of aromatic nitrogens is 1. The molecule has 18 heavy (non-hydrogen) atoms. The van der Waals surface area contributed by atoms with E-state index in [-0.39, 0.29) is 15.6 Å². The van der Waals surface area contributed by atoms with Gasteiger partial charge in [0, 0.05) is 5.56 Å². The highest BCUT2D eigenvalue weighted by molar-refractivity contribution is 7.17. The predicted molar refractivity (Wildman–Crippen MR) is 61.3 cm³/mol. The maximum absolute atomic E-state index is 12.7. The number of ketones is 1. The van der Waals surface area contributed by atoms with Gasteiger partial charge in [0.05, 0.1) is 0 Å². The number of carbonyl (C=O) groups excluding carboxylic acids is 1. The van der Waals surface area contributed by atoms with Crippen molar-refractivity contribution in [2.45, 2.75) is 6.43 Å². The first-order valence-electron chi connectivity index (χ1n) is 4.83. The molecule has 3 nitrogen and oxygen atoms in total. The summed E-state index contributed by atoms with van der Waals surface area (Å²) in [5.74, 6) is -1.15. The Hall–Kier alpha value is -1.89. The van der Waals surface area contributed by atoms with Crippen LogP contribution in [0.5, 0.6) is 0 Å². The summed E-state index contributed by atoms with van der Waals surface area (Å²) in [7, 11) is 0. The highest BCUT2D eigenvalue weighted by Gasteiger charge is 2.24. The van der Waals surface area contributed by atoms with E-state index in [0.29, 0.717) is 11.3 Å². The van der Waals surface area contributed by atoms with Crippen LogP contribution in [0, 0.1) is 5.82 Å². The van der Waals surface area contributed by atoms with Gasteiger partial charge in [0.2, 0.25) is 5.78 Å². The molecular formula is C11H7F3N2OS. The lowest BCUT2D eigenvalue weighted by Gasteiger charge is -2.00. The minimum atomic E-state index is -2.88. The van der Waals surface area contributed by atoms with Crippen molar-refractivity contribution >= 4 is 22.3 Å². The average Bonchev–Trinajstić information content (AvgIpc) is 2.71. The number of nitrogens with zero attached hydrogens (tertiary/aromatic N) is 1. The fourth-order valence-corrected chi connectivity index (χ4v) is 2.20. The van der Waals surface area contributed by atoms with Gasteiger partial charge in [0.1, 0.15) is 16.4 Å². The summed E-state index contributed by atoms with van der Waals surface area (Å²) < 4.78 is 38.0. The number of carbonyl (C=O) groups is 1. The standard InChI is InChI=1S/C11H7F3N2OS/c12-6-3-1-5(2-4-6)8(17)9-7(10(13)14)16-11(15)18-9/h1-4,10H,(H2,15,16). The van der Waals surface area contributed by atoms with Gasteiger partial charge in [-0.25, -0.2) is 18.2 Å². The molecule has 0 amide bonds. The fraction of sp³-hybridized carbons (Fsp3) is 0.0909. The molecule has 0 radical (unpaired) electrons. The number of nitrogen functional groups attached to an aromatic ring is 1. The molecule has 0 aliphatic carbocycles. The fourth-order valence-electron chi connectivity index (χ4n) is 1.39. The van der Waals surface area contributed by atoms with Gasteiger partial charge >= 0.3 is 0 Å². The molecule has 0 bridgehead atoms. The van der Waals surface area contributed by atoms with Gasteiger partial charge in [0.15, 0.2) is 5.13 Å². The normalized spacial score (nSPS) is 10.9. The van der Waals surface area contributed by atoms with Gasteiger partial charge in [-0.15, -0.1) is 0 Å². The predicted octanol–water partition coefficient (Wildman–Crippen LogP) is 3.03. The van der Waals surface area contributed by atoms with E-state index >= 15 is 0 Å². The number of hydrogen-bond acceptors (Lipinski definition) is 4.